The molecule has 1 atom stereocenters. The van der Waals surface area contributed by atoms with Crippen molar-refractivity contribution in [1.29, 1.82) is 0 Å². The van der Waals surface area contributed by atoms with Crippen molar-refractivity contribution in [2.45, 2.75) is 32.7 Å². The van der Waals surface area contributed by atoms with Gasteiger partial charge in [-0.25, -0.2) is 0 Å². The van der Waals surface area contributed by atoms with E-state index in [9.17, 15) is 4.79 Å². The molecule has 0 aliphatic carbocycles. The summed E-state index contributed by atoms with van der Waals surface area (Å²) in [6.07, 6.45) is 0. The number of nitrogens with two attached hydrogens (primary N) is 1. The van der Waals surface area contributed by atoms with Crippen LogP contribution >= 0.6 is 0 Å². The van der Waals surface area contributed by atoms with E-state index in [1.54, 1.807) is 0 Å². The van der Waals surface area contributed by atoms with Crippen molar-refractivity contribution in [3.8, 4) is 0 Å². The summed E-state index contributed by atoms with van der Waals surface area (Å²) in [5, 5.41) is 3.07. The van der Waals surface area contributed by atoms with Crippen LogP contribution in [0.3, 0.4) is 0 Å². The molecule has 3 nitrogen and oxygen atoms in total. The van der Waals surface area contributed by atoms with E-state index in [0.29, 0.717) is 5.92 Å². The van der Waals surface area contributed by atoms with Crippen molar-refractivity contribution in [1.82, 2.24) is 5.32 Å². The minimum atomic E-state index is -0.328. The quantitative estimate of drug-likeness (QED) is 0.796. The first-order valence-electron chi connectivity index (χ1n) is 5.62. The molecule has 0 fully saturated rings. The van der Waals surface area contributed by atoms with Crippen LogP contribution in [0.5, 0.6) is 0 Å². The van der Waals surface area contributed by atoms with E-state index in [1.165, 1.54) is 11.1 Å². The maximum absolute atomic E-state index is 10.6. The summed E-state index contributed by atoms with van der Waals surface area (Å²) < 4.78 is 0. The van der Waals surface area contributed by atoms with Crippen molar-refractivity contribution >= 4 is 5.91 Å². The molecule has 0 saturated carbocycles. The third-order valence-corrected chi connectivity index (χ3v) is 2.69. The second kappa shape index (κ2) is 5.66. The lowest BCUT2D eigenvalue weighted by Gasteiger charge is -2.14. The van der Waals surface area contributed by atoms with Gasteiger partial charge in [-0.1, -0.05) is 38.1 Å². The van der Waals surface area contributed by atoms with Crippen molar-refractivity contribution < 1.29 is 4.79 Å². The average molecular weight is 220 g/mol. The second-order valence-corrected chi connectivity index (χ2v) is 4.39. The molecule has 1 aromatic carbocycles. The topological polar surface area (TPSA) is 55.1 Å². The molecule has 1 rings (SSSR count). The molecule has 3 N–H and O–H groups in total. The van der Waals surface area contributed by atoms with Gasteiger partial charge < -0.3 is 11.1 Å². The Bertz CT molecular complexity index is 343. The molecule has 0 spiro atoms. The van der Waals surface area contributed by atoms with Crippen LogP contribution in [-0.2, 0) is 4.79 Å². The van der Waals surface area contributed by atoms with Gasteiger partial charge in [-0.05, 0) is 24.0 Å². The minimum absolute atomic E-state index is 0.147. The van der Waals surface area contributed by atoms with Gasteiger partial charge in [-0.15, -0.1) is 0 Å². The molecule has 0 radical (unpaired) electrons. The lowest BCUT2D eigenvalue weighted by molar-refractivity contribution is -0.117. The summed E-state index contributed by atoms with van der Waals surface area (Å²) in [6, 6.07) is 8.58. The average Bonchev–Trinajstić information content (AvgIpc) is 2.26. The Balaban J connectivity index is 2.62. The molecule has 16 heavy (non-hydrogen) atoms. The van der Waals surface area contributed by atoms with Crippen molar-refractivity contribution in [2.24, 2.45) is 5.73 Å². The fourth-order valence-electron chi connectivity index (χ4n) is 1.54. The molecule has 3 heteroatoms. The van der Waals surface area contributed by atoms with Crippen LogP contribution in [0.25, 0.3) is 0 Å². The number of primary amides is 1. The summed E-state index contributed by atoms with van der Waals surface area (Å²) in [5.41, 5.74) is 7.58. The van der Waals surface area contributed by atoms with Crippen LogP contribution in [0, 0.1) is 0 Å². The van der Waals surface area contributed by atoms with E-state index in [2.05, 4.69) is 43.4 Å². The number of carbonyl (C=O) groups excluding carboxylic acids is 1. The van der Waals surface area contributed by atoms with Gasteiger partial charge in [0, 0.05) is 6.04 Å². The molecule has 0 aliphatic heterocycles. The highest BCUT2D eigenvalue weighted by Crippen LogP contribution is 2.18. The Kier molecular flexibility index (Phi) is 4.50. The molecular weight excluding hydrogens is 200 g/mol. The predicted molar refractivity (Wildman–Crippen MR) is 66.1 cm³/mol. The summed E-state index contributed by atoms with van der Waals surface area (Å²) in [6.45, 7) is 6.58. The van der Waals surface area contributed by atoms with Gasteiger partial charge in [0.05, 0.1) is 6.54 Å². The van der Waals surface area contributed by atoms with Crippen LogP contribution < -0.4 is 11.1 Å². The Hall–Kier alpha value is -1.35. The molecule has 1 amide bonds. The lowest BCUT2D eigenvalue weighted by Crippen LogP contribution is -2.30. The maximum Gasteiger partial charge on any atom is 0.231 e. The van der Waals surface area contributed by atoms with Gasteiger partial charge in [-0.2, -0.15) is 0 Å². The minimum Gasteiger partial charge on any atom is -0.369 e. The third kappa shape index (κ3) is 3.66. The number of hydrogen-bond acceptors (Lipinski definition) is 2. The van der Waals surface area contributed by atoms with Gasteiger partial charge in [0.15, 0.2) is 0 Å². The highest BCUT2D eigenvalue weighted by atomic mass is 16.1. The Morgan fingerprint density at radius 2 is 1.69 bits per heavy atom. The Morgan fingerprint density at radius 1 is 1.19 bits per heavy atom. The fourth-order valence-corrected chi connectivity index (χ4v) is 1.54. The fraction of sp³-hybridized carbons (Fsp3) is 0.462. The predicted octanol–water partition coefficient (Wildman–Crippen LogP) is 1.95. The zero-order valence-corrected chi connectivity index (χ0v) is 10.2. The summed E-state index contributed by atoms with van der Waals surface area (Å²) in [7, 11) is 0. The molecule has 1 unspecified atom stereocenters. The van der Waals surface area contributed by atoms with Gasteiger partial charge >= 0.3 is 0 Å². The Labute approximate surface area is 97.0 Å². The van der Waals surface area contributed by atoms with Crippen LogP contribution in [0.2, 0.25) is 0 Å². The zero-order chi connectivity index (χ0) is 12.1. The lowest BCUT2D eigenvalue weighted by atomic mass is 10.00. The maximum atomic E-state index is 10.6. The smallest absolute Gasteiger partial charge is 0.231 e. The normalized spacial score (nSPS) is 12.8. The summed E-state index contributed by atoms with van der Waals surface area (Å²) >= 11 is 0. The van der Waals surface area contributed by atoms with Crippen molar-refractivity contribution in [2.75, 3.05) is 6.54 Å². The molecule has 0 heterocycles. The third-order valence-electron chi connectivity index (χ3n) is 2.69. The van der Waals surface area contributed by atoms with Gasteiger partial charge in [-0.3, -0.25) is 4.79 Å². The van der Waals surface area contributed by atoms with Crippen LogP contribution in [0.15, 0.2) is 24.3 Å². The van der Waals surface area contributed by atoms with Crippen LogP contribution in [-0.4, -0.2) is 12.5 Å². The highest BCUT2D eigenvalue weighted by molar-refractivity contribution is 5.75. The van der Waals surface area contributed by atoms with Gasteiger partial charge in [0.25, 0.3) is 0 Å². The van der Waals surface area contributed by atoms with Crippen molar-refractivity contribution in [3.05, 3.63) is 35.4 Å². The summed E-state index contributed by atoms with van der Waals surface area (Å²) in [4.78, 5) is 10.6. The van der Waals surface area contributed by atoms with E-state index >= 15 is 0 Å². The first-order chi connectivity index (χ1) is 7.50. The number of rotatable bonds is 5. The number of amides is 1. The zero-order valence-electron chi connectivity index (χ0n) is 10.2. The molecule has 0 aromatic heterocycles. The largest absolute Gasteiger partial charge is 0.369 e. The van der Waals surface area contributed by atoms with E-state index in [-0.39, 0.29) is 18.5 Å². The monoisotopic (exact) mass is 220 g/mol. The molecule has 88 valence electrons. The standard InChI is InChI=1S/C13H20N2O/c1-9(2)11-4-6-12(7-5-11)10(3)15-8-13(14)16/h4-7,9-10,15H,8H2,1-3H3,(H2,14,16). The van der Waals surface area contributed by atoms with Gasteiger partial charge in [0.2, 0.25) is 5.91 Å². The van der Waals surface area contributed by atoms with Gasteiger partial charge in [0.1, 0.15) is 0 Å². The summed E-state index contributed by atoms with van der Waals surface area (Å²) in [5.74, 6) is 0.216. The van der Waals surface area contributed by atoms with Crippen LogP contribution in [0.1, 0.15) is 43.9 Å². The number of carbonyl (C=O) groups is 1. The van der Waals surface area contributed by atoms with E-state index in [0.717, 1.165) is 0 Å². The van der Waals surface area contributed by atoms with E-state index in [4.69, 9.17) is 5.73 Å². The molecule has 0 aliphatic rings. The highest BCUT2D eigenvalue weighted by Gasteiger charge is 2.06. The first kappa shape index (κ1) is 12.7. The number of hydrogen-bond donors (Lipinski definition) is 2. The molecular formula is C13H20N2O. The van der Waals surface area contributed by atoms with E-state index < -0.39 is 0 Å². The Morgan fingerprint density at radius 3 is 2.12 bits per heavy atom. The molecule has 1 aromatic rings. The number of benzene rings is 1. The SMILES string of the molecule is CC(C)c1ccc(C(C)NCC(N)=O)cc1. The number of nitrogens with one attached hydrogen (secondary N) is 1. The van der Waals surface area contributed by atoms with Crippen molar-refractivity contribution in [3.63, 3.8) is 0 Å². The molecule has 0 bridgehead atoms. The van der Waals surface area contributed by atoms with Crippen LogP contribution in [0.4, 0.5) is 0 Å². The molecule has 0 saturated heterocycles. The first-order valence-corrected chi connectivity index (χ1v) is 5.62. The second-order valence-electron chi connectivity index (χ2n) is 4.39. The van der Waals surface area contributed by atoms with E-state index in [1.807, 2.05) is 6.92 Å².